The number of carbonyl (C=O) groups is 2. The molecule has 1 heterocycles. The first-order valence-electron chi connectivity index (χ1n) is 6.19. The third-order valence-electron chi connectivity index (χ3n) is 3.05. The monoisotopic (exact) mass is 313 g/mol. The summed E-state index contributed by atoms with van der Waals surface area (Å²) >= 11 is 7.74. The quantitative estimate of drug-likeness (QED) is 0.774. The van der Waals surface area contributed by atoms with Gasteiger partial charge in [0.2, 0.25) is 11.8 Å². The summed E-state index contributed by atoms with van der Waals surface area (Å²) in [7, 11) is 0. The minimum atomic E-state index is -0.563. The molecule has 0 aromatic heterocycles. The van der Waals surface area contributed by atoms with E-state index in [9.17, 15) is 9.59 Å². The van der Waals surface area contributed by atoms with Gasteiger partial charge in [-0.15, -0.1) is 0 Å². The van der Waals surface area contributed by atoms with Crippen molar-refractivity contribution in [3.05, 3.63) is 22.7 Å². The molecule has 1 atom stereocenters. The Morgan fingerprint density at radius 2 is 2.35 bits per heavy atom. The molecule has 0 fully saturated rings. The van der Waals surface area contributed by atoms with Crippen LogP contribution in [0.4, 0.5) is 11.4 Å². The minimum Gasteiger partial charge on any atom is -0.325 e. The second kappa shape index (κ2) is 6.47. The predicted octanol–water partition coefficient (Wildman–Crippen LogP) is 1.85. The fourth-order valence-electron chi connectivity index (χ4n) is 1.95. The Bertz CT molecular complexity index is 551. The van der Waals surface area contributed by atoms with E-state index in [4.69, 9.17) is 17.3 Å². The molecule has 2 amide bonds. The van der Waals surface area contributed by atoms with Gasteiger partial charge in [-0.1, -0.05) is 11.6 Å². The molecule has 4 N–H and O–H groups in total. The van der Waals surface area contributed by atoms with Gasteiger partial charge in [0.15, 0.2) is 0 Å². The Morgan fingerprint density at radius 1 is 1.60 bits per heavy atom. The van der Waals surface area contributed by atoms with Crippen molar-refractivity contribution in [2.75, 3.05) is 22.6 Å². The van der Waals surface area contributed by atoms with Crippen LogP contribution < -0.4 is 16.4 Å². The summed E-state index contributed by atoms with van der Waals surface area (Å²) in [4.78, 5) is 23.3. The number of rotatable bonds is 5. The normalized spacial score (nSPS) is 14.7. The molecule has 0 spiro atoms. The Labute approximate surface area is 126 Å². The summed E-state index contributed by atoms with van der Waals surface area (Å²) in [5.41, 5.74) is 7.82. The van der Waals surface area contributed by atoms with Crippen LogP contribution in [0.15, 0.2) is 12.1 Å². The number of hydrogen-bond acceptors (Lipinski definition) is 4. The topological polar surface area (TPSA) is 84.2 Å². The summed E-state index contributed by atoms with van der Waals surface area (Å²) in [5, 5.41) is 5.81. The van der Waals surface area contributed by atoms with Crippen LogP contribution in [0.2, 0.25) is 5.02 Å². The zero-order valence-corrected chi connectivity index (χ0v) is 12.6. The van der Waals surface area contributed by atoms with E-state index in [1.54, 1.807) is 23.9 Å². The molecule has 0 radical (unpaired) electrons. The minimum absolute atomic E-state index is 0.0729. The fraction of sp³-hybridized carbons (Fsp3) is 0.385. The van der Waals surface area contributed by atoms with Crippen LogP contribution in [-0.4, -0.2) is 29.9 Å². The van der Waals surface area contributed by atoms with E-state index in [-0.39, 0.29) is 11.8 Å². The summed E-state index contributed by atoms with van der Waals surface area (Å²) < 4.78 is 0. The molecule has 0 unspecified atom stereocenters. The Morgan fingerprint density at radius 3 is 3.05 bits per heavy atom. The maximum Gasteiger partial charge on any atom is 0.241 e. The SMILES string of the molecule is CSCC[C@@H](N)C(=O)Nc1cc2c(cc1Cl)NC(=O)C2. The number of fused-ring (bicyclic) bond motifs is 1. The molecular formula is C13H16ClN3O2S. The Kier molecular flexibility index (Phi) is 4.91. The van der Waals surface area contributed by atoms with Crippen molar-refractivity contribution in [1.29, 1.82) is 0 Å². The average Bonchev–Trinajstić information content (AvgIpc) is 2.75. The van der Waals surface area contributed by atoms with Crippen LogP contribution in [0, 0.1) is 0 Å². The molecule has 1 aliphatic rings. The van der Waals surface area contributed by atoms with E-state index in [1.807, 2.05) is 6.26 Å². The van der Waals surface area contributed by atoms with Crippen LogP contribution in [0.1, 0.15) is 12.0 Å². The molecule has 0 saturated carbocycles. The van der Waals surface area contributed by atoms with Gasteiger partial charge in [0.25, 0.3) is 0 Å². The van der Waals surface area contributed by atoms with Crippen molar-refractivity contribution in [3.8, 4) is 0 Å². The van der Waals surface area contributed by atoms with E-state index in [0.717, 1.165) is 11.3 Å². The summed E-state index contributed by atoms with van der Waals surface area (Å²) in [6.07, 6.45) is 2.87. The molecule has 20 heavy (non-hydrogen) atoms. The zero-order chi connectivity index (χ0) is 14.7. The maximum absolute atomic E-state index is 11.9. The number of hydrogen-bond donors (Lipinski definition) is 3. The first-order chi connectivity index (χ1) is 9.51. The molecular weight excluding hydrogens is 298 g/mol. The predicted molar refractivity (Wildman–Crippen MR) is 83.4 cm³/mol. The van der Waals surface area contributed by atoms with Crippen LogP contribution in [0.5, 0.6) is 0 Å². The largest absolute Gasteiger partial charge is 0.325 e. The van der Waals surface area contributed by atoms with Gasteiger partial charge in [0.05, 0.1) is 23.2 Å². The highest BCUT2D eigenvalue weighted by molar-refractivity contribution is 7.98. The van der Waals surface area contributed by atoms with Crippen LogP contribution in [-0.2, 0) is 16.0 Å². The van der Waals surface area contributed by atoms with Gasteiger partial charge in [0.1, 0.15) is 0 Å². The van der Waals surface area contributed by atoms with Gasteiger partial charge in [-0.2, -0.15) is 11.8 Å². The van der Waals surface area contributed by atoms with Gasteiger partial charge >= 0.3 is 0 Å². The molecule has 5 nitrogen and oxygen atoms in total. The number of nitrogens with one attached hydrogen (secondary N) is 2. The summed E-state index contributed by atoms with van der Waals surface area (Å²) in [5.74, 6) is 0.486. The lowest BCUT2D eigenvalue weighted by Gasteiger charge is -2.13. The number of anilines is 2. The van der Waals surface area contributed by atoms with Crippen LogP contribution in [0.25, 0.3) is 0 Å². The molecule has 2 rings (SSSR count). The van der Waals surface area contributed by atoms with E-state index >= 15 is 0 Å². The van der Waals surface area contributed by atoms with E-state index in [2.05, 4.69) is 10.6 Å². The lowest BCUT2D eigenvalue weighted by atomic mass is 10.1. The van der Waals surface area contributed by atoms with Crippen molar-refractivity contribution in [3.63, 3.8) is 0 Å². The highest BCUT2D eigenvalue weighted by Crippen LogP contribution is 2.32. The molecule has 7 heteroatoms. The van der Waals surface area contributed by atoms with Crippen LogP contribution in [0.3, 0.4) is 0 Å². The molecule has 1 aliphatic heterocycles. The number of nitrogens with two attached hydrogens (primary N) is 1. The van der Waals surface area contributed by atoms with Crippen molar-refractivity contribution in [2.24, 2.45) is 5.73 Å². The molecule has 0 bridgehead atoms. The van der Waals surface area contributed by atoms with Crippen molar-refractivity contribution in [1.82, 2.24) is 0 Å². The van der Waals surface area contributed by atoms with Gasteiger partial charge in [-0.25, -0.2) is 0 Å². The van der Waals surface area contributed by atoms with E-state index in [1.165, 1.54) is 0 Å². The summed E-state index contributed by atoms with van der Waals surface area (Å²) in [6.45, 7) is 0. The van der Waals surface area contributed by atoms with Crippen LogP contribution >= 0.6 is 23.4 Å². The van der Waals surface area contributed by atoms with Crippen molar-refractivity contribution >= 4 is 46.6 Å². The van der Waals surface area contributed by atoms with Gasteiger partial charge in [0, 0.05) is 5.69 Å². The van der Waals surface area contributed by atoms with Gasteiger partial charge in [-0.05, 0) is 36.1 Å². The third kappa shape index (κ3) is 3.45. The number of amides is 2. The van der Waals surface area contributed by atoms with Gasteiger partial charge < -0.3 is 16.4 Å². The lowest BCUT2D eigenvalue weighted by molar-refractivity contribution is -0.117. The number of halogens is 1. The first kappa shape index (κ1) is 15.2. The standard InChI is InChI=1S/C13H16ClN3O2S/c1-20-3-2-9(15)13(19)17-11-4-7-5-12(18)16-10(7)6-8(11)14/h4,6,9H,2-3,5,15H2,1H3,(H,16,18)(H,17,19)/t9-/m1/s1. The van der Waals surface area contributed by atoms with E-state index in [0.29, 0.717) is 29.2 Å². The zero-order valence-electron chi connectivity index (χ0n) is 11.0. The Balaban J connectivity index is 2.08. The second-order valence-corrected chi connectivity index (χ2v) is 5.98. The van der Waals surface area contributed by atoms with Crippen molar-refractivity contribution < 1.29 is 9.59 Å². The number of thioether (sulfide) groups is 1. The average molecular weight is 314 g/mol. The third-order valence-corrected chi connectivity index (χ3v) is 4.00. The maximum atomic E-state index is 11.9. The molecule has 108 valence electrons. The Hall–Kier alpha value is -1.24. The lowest BCUT2D eigenvalue weighted by Crippen LogP contribution is -2.36. The number of carbonyl (C=O) groups excluding carboxylic acids is 2. The summed E-state index contributed by atoms with van der Waals surface area (Å²) in [6, 6.07) is 2.80. The molecule has 1 aromatic rings. The first-order valence-corrected chi connectivity index (χ1v) is 7.96. The van der Waals surface area contributed by atoms with Crippen molar-refractivity contribution in [2.45, 2.75) is 18.9 Å². The molecule has 1 aromatic carbocycles. The highest BCUT2D eigenvalue weighted by atomic mass is 35.5. The molecule has 0 saturated heterocycles. The fourth-order valence-corrected chi connectivity index (χ4v) is 2.65. The highest BCUT2D eigenvalue weighted by Gasteiger charge is 2.21. The molecule has 0 aliphatic carbocycles. The number of benzene rings is 1. The second-order valence-electron chi connectivity index (χ2n) is 4.59. The van der Waals surface area contributed by atoms with E-state index < -0.39 is 6.04 Å². The van der Waals surface area contributed by atoms with Gasteiger partial charge in [-0.3, -0.25) is 9.59 Å². The smallest absolute Gasteiger partial charge is 0.241 e.